The monoisotopic (exact) mass is 331 g/mol. The first-order valence-electron chi connectivity index (χ1n) is 6.37. The van der Waals surface area contributed by atoms with E-state index >= 15 is 0 Å². The molecule has 0 spiro atoms. The van der Waals surface area contributed by atoms with Crippen molar-refractivity contribution in [2.24, 2.45) is 5.73 Å². The minimum atomic E-state index is -3.32. The van der Waals surface area contributed by atoms with E-state index in [9.17, 15) is 13.2 Å². The molecule has 0 fully saturated rings. The van der Waals surface area contributed by atoms with Crippen LogP contribution in [0.1, 0.15) is 12.0 Å². The Morgan fingerprint density at radius 1 is 1.43 bits per heavy atom. The van der Waals surface area contributed by atoms with Gasteiger partial charge in [0.1, 0.15) is 0 Å². The van der Waals surface area contributed by atoms with Crippen molar-refractivity contribution in [2.75, 3.05) is 28.3 Å². The molecule has 118 valence electrons. The molecular formula is C13H21N3O3S2. The average Bonchev–Trinajstić information content (AvgIpc) is 2.37. The fourth-order valence-corrected chi connectivity index (χ4v) is 2.78. The summed E-state index contributed by atoms with van der Waals surface area (Å²) >= 11 is 1.64. The number of nitrogens with two attached hydrogens (primary N) is 1. The molecule has 0 bridgehead atoms. The lowest BCUT2D eigenvalue weighted by Crippen LogP contribution is -2.36. The van der Waals surface area contributed by atoms with Gasteiger partial charge in [0, 0.05) is 5.69 Å². The highest BCUT2D eigenvalue weighted by molar-refractivity contribution is 7.98. The van der Waals surface area contributed by atoms with Crippen LogP contribution in [0.15, 0.2) is 18.2 Å². The maximum atomic E-state index is 11.9. The van der Waals surface area contributed by atoms with Crippen molar-refractivity contribution in [3.63, 3.8) is 0 Å². The van der Waals surface area contributed by atoms with E-state index in [1.807, 2.05) is 6.26 Å². The van der Waals surface area contributed by atoms with Crippen LogP contribution in [0.3, 0.4) is 0 Å². The molecule has 4 N–H and O–H groups in total. The second kappa shape index (κ2) is 7.67. The Labute approximate surface area is 129 Å². The number of nitrogens with one attached hydrogen (secondary N) is 2. The van der Waals surface area contributed by atoms with Gasteiger partial charge in [0.25, 0.3) is 0 Å². The maximum Gasteiger partial charge on any atom is 0.241 e. The molecule has 0 aliphatic carbocycles. The van der Waals surface area contributed by atoms with Gasteiger partial charge in [0.05, 0.1) is 18.0 Å². The van der Waals surface area contributed by atoms with Crippen LogP contribution >= 0.6 is 11.8 Å². The van der Waals surface area contributed by atoms with E-state index in [0.29, 0.717) is 17.8 Å². The molecule has 1 amide bonds. The van der Waals surface area contributed by atoms with Crippen LogP contribution < -0.4 is 15.8 Å². The lowest BCUT2D eigenvalue weighted by molar-refractivity contribution is -0.117. The molecule has 0 heterocycles. The molecule has 0 aliphatic rings. The molecule has 0 aliphatic heterocycles. The van der Waals surface area contributed by atoms with Crippen molar-refractivity contribution in [1.29, 1.82) is 0 Å². The van der Waals surface area contributed by atoms with Crippen molar-refractivity contribution < 1.29 is 13.2 Å². The minimum Gasteiger partial charge on any atom is -0.325 e. The molecular weight excluding hydrogens is 310 g/mol. The number of benzene rings is 1. The molecule has 21 heavy (non-hydrogen) atoms. The summed E-state index contributed by atoms with van der Waals surface area (Å²) in [6, 6.07) is 4.40. The lowest BCUT2D eigenvalue weighted by Gasteiger charge is -2.13. The summed E-state index contributed by atoms with van der Waals surface area (Å²) in [5.41, 5.74) is 7.59. The van der Waals surface area contributed by atoms with Gasteiger partial charge in [0.2, 0.25) is 15.9 Å². The van der Waals surface area contributed by atoms with Crippen LogP contribution in [0.2, 0.25) is 0 Å². The minimum absolute atomic E-state index is 0.243. The Bertz CT molecular complexity index is 603. The number of sulfonamides is 1. The van der Waals surface area contributed by atoms with Crippen LogP contribution in [0.4, 0.5) is 11.4 Å². The number of aryl methyl sites for hydroxylation is 1. The van der Waals surface area contributed by atoms with E-state index in [-0.39, 0.29) is 5.91 Å². The molecule has 0 saturated carbocycles. The number of amides is 1. The van der Waals surface area contributed by atoms with Crippen molar-refractivity contribution in [3.05, 3.63) is 23.8 Å². The van der Waals surface area contributed by atoms with Crippen LogP contribution in [-0.2, 0) is 14.8 Å². The predicted octanol–water partition coefficient (Wildman–Crippen LogP) is 1.39. The lowest BCUT2D eigenvalue weighted by atomic mass is 10.1. The Morgan fingerprint density at radius 2 is 2.10 bits per heavy atom. The number of carbonyl (C=O) groups excluding carboxylic acids is 1. The summed E-state index contributed by atoms with van der Waals surface area (Å²) in [6.07, 6.45) is 3.66. The van der Waals surface area contributed by atoms with Crippen molar-refractivity contribution in [3.8, 4) is 0 Å². The highest BCUT2D eigenvalue weighted by atomic mass is 32.2. The number of thioether (sulfide) groups is 1. The topological polar surface area (TPSA) is 101 Å². The van der Waals surface area contributed by atoms with Gasteiger partial charge in [-0.3, -0.25) is 9.52 Å². The third-order valence-corrected chi connectivity index (χ3v) is 3.99. The quantitative estimate of drug-likeness (QED) is 0.701. The zero-order valence-electron chi connectivity index (χ0n) is 12.3. The SMILES string of the molecule is CSCC[C@H](N)C(=O)Nc1ccc(NS(C)(=O)=O)c(C)c1. The summed E-state index contributed by atoms with van der Waals surface area (Å²) in [5, 5.41) is 2.73. The molecule has 1 atom stereocenters. The Morgan fingerprint density at radius 3 is 2.62 bits per heavy atom. The Kier molecular flexibility index (Phi) is 6.50. The first-order valence-corrected chi connectivity index (χ1v) is 9.65. The van der Waals surface area contributed by atoms with Gasteiger partial charge in [-0.05, 0) is 49.1 Å². The summed E-state index contributed by atoms with van der Waals surface area (Å²) in [6.45, 7) is 1.76. The van der Waals surface area contributed by atoms with E-state index in [1.165, 1.54) is 0 Å². The predicted molar refractivity (Wildman–Crippen MR) is 89.2 cm³/mol. The van der Waals surface area contributed by atoms with Gasteiger partial charge in [0.15, 0.2) is 0 Å². The second-order valence-electron chi connectivity index (χ2n) is 4.78. The van der Waals surface area contributed by atoms with Crippen LogP contribution in [0, 0.1) is 6.92 Å². The first kappa shape index (κ1) is 17.8. The van der Waals surface area contributed by atoms with Crippen LogP contribution in [0.5, 0.6) is 0 Å². The van der Waals surface area contributed by atoms with Crippen molar-refractivity contribution >= 4 is 39.1 Å². The first-order chi connectivity index (χ1) is 9.73. The van der Waals surface area contributed by atoms with Crippen LogP contribution in [0.25, 0.3) is 0 Å². The van der Waals surface area contributed by atoms with Gasteiger partial charge in [-0.1, -0.05) is 0 Å². The van der Waals surface area contributed by atoms with Crippen molar-refractivity contribution in [2.45, 2.75) is 19.4 Å². The number of carbonyl (C=O) groups is 1. The number of anilines is 2. The van der Waals surface area contributed by atoms with E-state index in [0.717, 1.165) is 17.6 Å². The normalized spacial score (nSPS) is 12.8. The third-order valence-electron chi connectivity index (χ3n) is 2.76. The summed E-state index contributed by atoms with van der Waals surface area (Å²) in [7, 11) is -3.32. The van der Waals surface area contributed by atoms with Gasteiger partial charge in [-0.15, -0.1) is 0 Å². The highest BCUT2D eigenvalue weighted by Gasteiger charge is 2.13. The molecule has 1 aromatic rings. The van der Waals surface area contributed by atoms with Gasteiger partial charge >= 0.3 is 0 Å². The van der Waals surface area contributed by atoms with E-state index < -0.39 is 16.1 Å². The zero-order chi connectivity index (χ0) is 16.0. The standard InChI is InChI=1S/C13H21N3O3S2/c1-9-8-10(4-5-12(9)16-21(3,18)19)15-13(17)11(14)6-7-20-2/h4-5,8,11,16H,6-7,14H2,1-3H3,(H,15,17)/t11-/m0/s1. The highest BCUT2D eigenvalue weighted by Crippen LogP contribution is 2.20. The van der Waals surface area contributed by atoms with E-state index in [4.69, 9.17) is 5.73 Å². The molecule has 6 nitrogen and oxygen atoms in total. The van der Waals surface area contributed by atoms with Gasteiger partial charge in [-0.25, -0.2) is 8.42 Å². The Hall–Kier alpha value is -1.25. The third kappa shape index (κ3) is 6.36. The Balaban J connectivity index is 2.73. The van der Waals surface area contributed by atoms with Gasteiger partial charge < -0.3 is 11.1 Å². The number of rotatable bonds is 7. The maximum absolute atomic E-state index is 11.9. The average molecular weight is 331 g/mol. The number of hydrogen-bond acceptors (Lipinski definition) is 5. The fourth-order valence-electron chi connectivity index (χ4n) is 1.67. The van der Waals surface area contributed by atoms with E-state index in [1.54, 1.807) is 36.9 Å². The van der Waals surface area contributed by atoms with Crippen molar-refractivity contribution in [1.82, 2.24) is 0 Å². The largest absolute Gasteiger partial charge is 0.325 e. The smallest absolute Gasteiger partial charge is 0.241 e. The molecule has 0 radical (unpaired) electrons. The molecule has 1 aromatic carbocycles. The summed E-state index contributed by atoms with van der Waals surface area (Å²) in [4.78, 5) is 11.9. The summed E-state index contributed by atoms with van der Waals surface area (Å²) < 4.78 is 24.8. The molecule has 0 aromatic heterocycles. The zero-order valence-corrected chi connectivity index (χ0v) is 14.0. The molecule has 0 unspecified atom stereocenters. The number of hydrogen-bond donors (Lipinski definition) is 3. The molecule has 1 rings (SSSR count). The fraction of sp³-hybridized carbons (Fsp3) is 0.462. The summed E-state index contributed by atoms with van der Waals surface area (Å²) in [5.74, 6) is 0.581. The second-order valence-corrected chi connectivity index (χ2v) is 7.52. The van der Waals surface area contributed by atoms with Crippen LogP contribution in [-0.4, -0.2) is 38.6 Å². The van der Waals surface area contributed by atoms with Gasteiger partial charge in [-0.2, -0.15) is 11.8 Å². The molecule has 8 heteroatoms. The molecule has 0 saturated heterocycles. The van der Waals surface area contributed by atoms with E-state index in [2.05, 4.69) is 10.0 Å².